The standard InChI is InChI=1S/C22H20N4O3/c1-14-5-3-10-24-21(14)15(2)25-22(27)19-12-29-20(26-19)13-28-17-7-8-18-16(11-17)6-4-9-23-18/h3-12,15H,13H2,1-2H3,(H,25,27)/t15-/m0/s1. The van der Waals surface area contributed by atoms with E-state index in [-0.39, 0.29) is 24.2 Å². The molecule has 0 saturated heterocycles. The van der Waals surface area contributed by atoms with E-state index in [4.69, 9.17) is 9.15 Å². The minimum Gasteiger partial charge on any atom is -0.484 e. The minimum atomic E-state index is -0.325. The predicted octanol–water partition coefficient (Wildman–Crippen LogP) is 4.00. The molecule has 7 nitrogen and oxygen atoms in total. The third-order valence-corrected chi connectivity index (χ3v) is 4.53. The van der Waals surface area contributed by atoms with E-state index in [2.05, 4.69) is 20.3 Å². The fourth-order valence-corrected chi connectivity index (χ4v) is 3.06. The van der Waals surface area contributed by atoms with Crippen LogP contribution in [0.5, 0.6) is 5.75 Å². The molecular weight excluding hydrogens is 368 g/mol. The van der Waals surface area contributed by atoms with Gasteiger partial charge >= 0.3 is 0 Å². The number of hydrogen-bond donors (Lipinski definition) is 1. The topological polar surface area (TPSA) is 90.1 Å². The van der Waals surface area contributed by atoms with Crippen LogP contribution in [-0.4, -0.2) is 20.9 Å². The van der Waals surface area contributed by atoms with Gasteiger partial charge in [0.15, 0.2) is 12.3 Å². The number of rotatable bonds is 6. The highest BCUT2D eigenvalue weighted by Crippen LogP contribution is 2.20. The second-order valence-corrected chi connectivity index (χ2v) is 6.67. The highest BCUT2D eigenvalue weighted by molar-refractivity contribution is 5.92. The molecule has 0 fully saturated rings. The molecule has 1 aromatic carbocycles. The molecule has 0 aliphatic rings. The number of amides is 1. The van der Waals surface area contributed by atoms with Gasteiger partial charge in [0.25, 0.3) is 5.91 Å². The summed E-state index contributed by atoms with van der Waals surface area (Å²) in [4.78, 5) is 25.3. The fourth-order valence-electron chi connectivity index (χ4n) is 3.06. The van der Waals surface area contributed by atoms with Crippen LogP contribution in [0.15, 0.2) is 65.5 Å². The molecule has 0 spiro atoms. The lowest BCUT2D eigenvalue weighted by Gasteiger charge is -2.14. The minimum absolute atomic E-state index is 0.119. The Bertz CT molecular complexity index is 1160. The largest absolute Gasteiger partial charge is 0.484 e. The van der Waals surface area contributed by atoms with E-state index in [1.807, 2.05) is 56.3 Å². The first-order chi connectivity index (χ1) is 14.1. The highest BCUT2D eigenvalue weighted by Gasteiger charge is 2.17. The molecular formula is C22H20N4O3. The van der Waals surface area contributed by atoms with Crippen LogP contribution in [0.4, 0.5) is 0 Å². The Morgan fingerprint density at radius 3 is 2.86 bits per heavy atom. The van der Waals surface area contributed by atoms with E-state index in [1.165, 1.54) is 6.26 Å². The number of fused-ring (bicyclic) bond motifs is 1. The molecule has 0 bridgehead atoms. The Labute approximate surface area is 167 Å². The van der Waals surface area contributed by atoms with E-state index in [9.17, 15) is 4.79 Å². The maximum Gasteiger partial charge on any atom is 0.273 e. The number of ether oxygens (including phenoxy) is 1. The first-order valence-electron chi connectivity index (χ1n) is 9.24. The zero-order chi connectivity index (χ0) is 20.2. The Balaban J connectivity index is 1.38. The third-order valence-electron chi connectivity index (χ3n) is 4.53. The van der Waals surface area contributed by atoms with Crippen LogP contribution < -0.4 is 10.1 Å². The zero-order valence-electron chi connectivity index (χ0n) is 16.1. The molecule has 0 unspecified atom stereocenters. The van der Waals surface area contributed by atoms with Crippen LogP contribution in [0.25, 0.3) is 10.9 Å². The number of carbonyl (C=O) groups is 1. The Morgan fingerprint density at radius 1 is 1.17 bits per heavy atom. The van der Waals surface area contributed by atoms with Gasteiger partial charge in [-0.15, -0.1) is 0 Å². The van der Waals surface area contributed by atoms with Crippen LogP contribution in [-0.2, 0) is 6.61 Å². The smallest absolute Gasteiger partial charge is 0.273 e. The molecule has 0 radical (unpaired) electrons. The molecule has 4 aromatic rings. The van der Waals surface area contributed by atoms with E-state index < -0.39 is 0 Å². The Morgan fingerprint density at radius 2 is 2.00 bits per heavy atom. The van der Waals surface area contributed by atoms with Crippen LogP contribution in [0.1, 0.15) is 40.6 Å². The van der Waals surface area contributed by atoms with E-state index in [0.717, 1.165) is 22.2 Å². The quantitative estimate of drug-likeness (QED) is 0.537. The van der Waals surface area contributed by atoms with Gasteiger partial charge in [0.1, 0.15) is 12.0 Å². The number of carbonyl (C=O) groups excluding carboxylic acids is 1. The molecule has 0 aliphatic carbocycles. The van der Waals surface area contributed by atoms with Crippen LogP contribution in [0, 0.1) is 6.92 Å². The molecule has 7 heteroatoms. The maximum absolute atomic E-state index is 12.5. The first kappa shape index (κ1) is 18.6. The molecule has 3 aromatic heterocycles. The van der Waals surface area contributed by atoms with Gasteiger partial charge in [-0.3, -0.25) is 14.8 Å². The summed E-state index contributed by atoms with van der Waals surface area (Å²) < 4.78 is 11.1. The van der Waals surface area contributed by atoms with Crippen molar-refractivity contribution in [3.8, 4) is 5.75 Å². The van der Waals surface area contributed by atoms with Crippen molar-refractivity contribution in [1.29, 1.82) is 0 Å². The summed E-state index contributed by atoms with van der Waals surface area (Å²) in [6.45, 7) is 3.96. The van der Waals surface area contributed by atoms with E-state index in [0.29, 0.717) is 11.6 Å². The van der Waals surface area contributed by atoms with E-state index in [1.54, 1.807) is 12.4 Å². The van der Waals surface area contributed by atoms with Crippen LogP contribution in [0.3, 0.4) is 0 Å². The van der Waals surface area contributed by atoms with Gasteiger partial charge in [0, 0.05) is 17.8 Å². The number of benzene rings is 1. The average molecular weight is 388 g/mol. The molecule has 1 N–H and O–H groups in total. The van der Waals surface area contributed by atoms with Gasteiger partial charge in [-0.05, 0) is 49.7 Å². The van der Waals surface area contributed by atoms with Crippen molar-refractivity contribution in [2.24, 2.45) is 0 Å². The molecule has 146 valence electrons. The molecule has 0 saturated carbocycles. The molecule has 29 heavy (non-hydrogen) atoms. The summed E-state index contributed by atoms with van der Waals surface area (Å²) in [6, 6.07) is 13.0. The van der Waals surface area contributed by atoms with Gasteiger partial charge in [-0.25, -0.2) is 4.98 Å². The Kier molecular flexibility index (Phi) is 5.20. The van der Waals surface area contributed by atoms with Crippen molar-refractivity contribution >= 4 is 16.8 Å². The SMILES string of the molecule is Cc1cccnc1[C@H](C)NC(=O)c1coc(COc2ccc3ncccc3c2)n1. The summed E-state index contributed by atoms with van der Waals surface area (Å²) in [5.74, 6) is 0.673. The number of aromatic nitrogens is 3. The summed E-state index contributed by atoms with van der Waals surface area (Å²) in [7, 11) is 0. The molecule has 3 heterocycles. The molecule has 1 atom stereocenters. The third kappa shape index (κ3) is 4.24. The van der Waals surface area contributed by atoms with E-state index >= 15 is 0 Å². The average Bonchev–Trinajstić information content (AvgIpc) is 3.21. The number of nitrogens with one attached hydrogen (secondary N) is 1. The van der Waals surface area contributed by atoms with Crippen molar-refractivity contribution in [3.05, 3.63) is 84.0 Å². The van der Waals surface area contributed by atoms with Crippen molar-refractivity contribution in [2.45, 2.75) is 26.5 Å². The fraction of sp³-hybridized carbons (Fsp3) is 0.182. The first-order valence-corrected chi connectivity index (χ1v) is 9.24. The molecule has 1 amide bonds. The number of aryl methyl sites for hydroxylation is 1. The second kappa shape index (κ2) is 8.10. The van der Waals surface area contributed by atoms with Gasteiger partial charge in [0.2, 0.25) is 5.89 Å². The van der Waals surface area contributed by atoms with Crippen LogP contribution >= 0.6 is 0 Å². The van der Waals surface area contributed by atoms with Crippen molar-refractivity contribution in [1.82, 2.24) is 20.3 Å². The summed E-state index contributed by atoms with van der Waals surface area (Å²) in [5.41, 5.74) is 2.93. The van der Waals surface area contributed by atoms with Crippen molar-refractivity contribution < 1.29 is 13.9 Å². The monoisotopic (exact) mass is 388 g/mol. The zero-order valence-corrected chi connectivity index (χ0v) is 16.1. The summed E-state index contributed by atoms with van der Waals surface area (Å²) in [6.07, 6.45) is 4.79. The predicted molar refractivity (Wildman–Crippen MR) is 107 cm³/mol. The maximum atomic E-state index is 12.5. The van der Waals surface area contributed by atoms with Gasteiger partial charge in [-0.2, -0.15) is 0 Å². The van der Waals surface area contributed by atoms with Crippen molar-refractivity contribution in [3.63, 3.8) is 0 Å². The summed E-state index contributed by atoms with van der Waals surface area (Å²) in [5, 5.41) is 3.87. The molecule has 0 aliphatic heterocycles. The number of nitrogens with zero attached hydrogens (tertiary/aromatic N) is 3. The Hall–Kier alpha value is -3.74. The van der Waals surface area contributed by atoms with Crippen molar-refractivity contribution in [2.75, 3.05) is 0 Å². The lowest BCUT2D eigenvalue weighted by atomic mass is 10.1. The number of oxazole rings is 1. The van der Waals surface area contributed by atoms with Gasteiger partial charge in [-0.1, -0.05) is 12.1 Å². The highest BCUT2D eigenvalue weighted by atomic mass is 16.5. The second-order valence-electron chi connectivity index (χ2n) is 6.67. The van der Waals surface area contributed by atoms with Gasteiger partial charge in [0.05, 0.1) is 17.3 Å². The number of pyridine rings is 2. The van der Waals surface area contributed by atoms with Gasteiger partial charge < -0.3 is 14.5 Å². The summed E-state index contributed by atoms with van der Waals surface area (Å²) >= 11 is 0. The molecule has 4 rings (SSSR count). The van der Waals surface area contributed by atoms with Crippen LogP contribution in [0.2, 0.25) is 0 Å². The lowest BCUT2D eigenvalue weighted by molar-refractivity contribution is 0.0934. The lowest BCUT2D eigenvalue weighted by Crippen LogP contribution is -2.28. The normalized spacial score (nSPS) is 11.9. The number of hydrogen-bond acceptors (Lipinski definition) is 6.